The van der Waals surface area contributed by atoms with E-state index in [2.05, 4.69) is 150 Å². The minimum atomic E-state index is -4.01. The summed E-state index contributed by atoms with van der Waals surface area (Å²) in [7, 11) is -9.05. The first-order valence-corrected chi connectivity index (χ1v) is 40.6. The Bertz CT molecular complexity index is 2930. The molecule has 0 amide bonds. The molecule has 86 heavy (non-hydrogen) atoms. The van der Waals surface area contributed by atoms with E-state index in [1.165, 1.54) is 161 Å². The summed E-state index contributed by atoms with van der Waals surface area (Å²) in [6, 6.07) is 25.5. The topological polar surface area (TPSA) is 115 Å². The predicted molar refractivity (Wildman–Crippen MR) is 381 cm³/mol. The van der Waals surface area contributed by atoms with Gasteiger partial charge in [0.1, 0.15) is 0 Å². The van der Waals surface area contributed by atoms with Gasteiger partial charge in [-0.05, 0) is 76.6 Å². The first-order valence-electron chi connectivity index (χ1n) is 34.6. The number of unbranched alkanes of at least 4 members (excludes halogenated alkanes) is 22. The fourth-order valence-corrected chi connectivity index (χ4v) is 20.9. The molecule has 0 radical (unpaired) electrons. The number of fused-ring (bicyclic) bond motifs is 6. The van der Waals surface area contributed by atoms with Crippen LogP contribution in [0.15, 0.2) is 121 Å². The van der Waals surface area contributed by atoms with Crippen LogP contribution in [0.5, 0.6) is 0 Å². The van der Waals surface area contributed by atoms with Crippen molar-refractivity contribution in [3.05, 3.63) is 132 Å². The van der Waals surface area contributed by atoms with Crippen LogP contribution in [-0.2, 0) is 31.1 Å². The Morgan fingerprint density at radius 3 is 1.31 bits per heavy atom. The van der Waals surface area contributed by atoms with Gasteiger partial charge in [0.05, 0.1) is 17.5 Å². The number of benzene rings is 4. The summed E-state index contributed by atoms with van der Waals surface area (Å²) >= 11 is 0. The fourth-order valence-electron chi connectivity index (χ4n) is 14.2. The maximum atomic E-state index is 11.4. The number of rotatable bonds is 42. The van der Waals surface area contributed by atoms with E-state index in [1.54, 1.807) is 50.3 Å². The molecule has 0 bridgehead atoms. The van der Waals surface area contributed by atoms with Gasteiger partial charge in [-0.1, -0.05) is 138 Å². The zero-order valence-electron chi connectivity index (χ0n) is 55.2. The van der Waals surface area contributed by atoms with Gasteiger partial charge in [0.25, 0.3) is 20.2 Å². The normalized spacial score (nSPS) is 16.6. The van der Waals surface area contributed by atoms with Crippen LogP contribution < -0.4 is 9.80 Å². The summed E-state index contributed by atoms with van der Waals surface area (Å²) in [5.41, 5.74) is 5.41. The molecule has 482 valence electrons. The molecular formula is C75H119N2O6PS2. The molecule has 6 rings (SSSR count). The average molecular weight is 1240 g/mol. The Hall–Kier alpha value is -3.79. The van der Waals surface area contributed by atoms with E-state index in [4.69, 9.17) is 0 Å². The first-order chi connectivity index (χ1) is 41.3. The van der Waals surface area contributed by atoms with Gasteiger partial charge in [0.2, 0.25) is 0 Å². The quantitative estimate of drug-likeness (QED) is 0.0195. The van der Waals surface area contributed by atoms with E-state index in [1.807, 2.05) is 30.4 Å². The van der Waals surface area contributed by atoms with Gasteiger partial charge < -0.3 is 9.80 Å². The summed E-state index contributed by atoms with van der Waals surface area (Å²) in [6.07, 6.45) is 58.8. The zero-order chi connectivity index (χ0) is 62.3. The third-order valence-corrected chi connectivity index (χ3v) is 26.3. The number of hydrogen-bond donors (Lipinski definition) is 2. The van der Waals surface area contributed by atoms with Crippen molar-refractivity contribution >= 4 is 60.4 Å². The Morgan fingerprint density at radius 1 is 0.442 bits per heavy atom. The summed E-state index contributed by atoms with van der Waals surface area (Å²) < 4.78 is 64.1. The van der Waals surface area contributed by atoms with Crippen LogP contribution in [0.25, 0.3) is 21.5 Å². The van der Waals surface area contributed by atoms with E-state index >= 15 is 0 Å². The number of hydrogen-bond acceptors (Lipinski definition) is 6. The molecule has 4 aromatic rings. The molecule has 0 saturated heterocycles. The Labute approximate surface area is 526 Å². The fraction of sp³-hybridized carbons (Fsp3) is 0.627. The van der Waals surface area contributed by atoms with Crippen LogP contribution in [0.2, 0.25) is 0 Å². The molecule has 8 nitrogen and oxygen atoms in total. The van der Waals surface area contributed by atoms with Crippen molar-refractivity contribution in [1.82, 2.24) is 0 Å². The minimum absolute atomic E-state index is 0.0341. The van der Waals surface area contributed by atoms with E-state index in [9.17, 15) is 25.9 Å². The molecule has 11 heteroatoms. The van der Waals surface area contributed by atoms with E-state index in [-0.39, 0.29) is 28.4 Å². The van der Waals surface area contributed by atoms with Gasteiger partial charge in [-0.3, -0.25) is 9.11 Å². The SMILES string of the molecule is CC1(C)C(=CC=CC=CC=CC2N(CCCCS(=O)(=O)O)c3ccc4ccccc4c3C2(C)C)N(CCCCS(=O)(=O)O)c2ccc3ccccc3c21.CCCCCCCCCCCCCC[PH](CCCCCC)(CCCCCC)CCCCCC. The predicted octanol–water partition coefficient (Wildman–Crippen LogP) is 21.3. The average Bonchev–Trinajstić information content (AvgIpc) is 1.61. The van der Waals surface area contributed by atoms with Crippen molar-refractivity contribution in [3.8, 4) is 0 Å². The summed E-state index contributed by atoms with van der Waals surface area (Å²) in [6.45, 7) is 19.7. The molecule has 2 N–H and O–H groups in total. The second-order valence-corrected chi connectivity index (χ2v) is 34.9. The summed E-state index contributed by atoms with van der Waals surface area (Å²) in [5, 5.41) is 4.79. The molecule has 1 unspecified atom stereocenters. The molecule has 2 aliphatic rings. The molecule has 0 aliphatic carbocycles. The van der Waals surface area contributed by atoms with Crippen LogP contribution in [0.3, 0.4) is 0 Å². The maximum absolute atomic E-state index is 11.4. The molecule has 2 aliphatic heterocycles. The number of anilines is 2. The van der Waals surface area contributed by atoms with E-state index in [0.717, 1.165) is 17.1 Å². The van der Waals surface area contributed by atoms with Gasteiger partial charge in [-0.2, -0.15) is 16.8 Å². The van der Waals surface area contributed by atoms with Crippen LogP contribution in [0.4, 0.5) is 11.4 Å². The van der Waals surface area contributed by atoms with Crippen molar-refractivity contribution in [1.29, 1.82) is 0 Å². The van der Waals surface area contributed by atoms with E-state index < -0.39 is 27.5 Å². The molecule has 1 atom stereocenters. The van der Waals surface area contributed by atoms with Gasteiger partial charge in [-0.15, -0.1) is 0 Å². The molecule has 4 aromatic carbocycles. The molecular weight excluding hydrogens is 1120 g/mol. The van der Waals surface area contributed by atoms with Crippen LogP contribution in [0, 0.1) is 0 Å². The summed E-state index contributed by atoms with van der Waals surface area (Å²) in [4.78, 5) is 4.65. The van der Waals surface area contributed by atoms with Crippen molar-refractivity contribution in [2.24, 2.45) is 0 Å². The molecule has 0 fully saturated rings. The molecule has 0 aromatic heterocycles. The van der Waals surface area contributed by atoms with Crippen LogP contribution >= 0.6 is 7.26 Å². The van der Waals surface area contributed by atoms with E-state index in [0.29, 0.717) is 38.8 Å². The van der Waals surface area contributed by atoms with Crippen molar-refractivity contribution in [3.63, 3.8) is 0 Å². The Morgan fingerprint density at radius 2 is 0.837 bits per heavy atom. The van der Waals surface area contributed by atoms with Gasteiger partial charge in [-0.25, -0.2) is 0 Å². The standard InChI is InChI=1S/C43H50N2O6S2.C32H69P/c1-42(2)38(44(28-14-16-30-52(46,47)48)36-26-24-32-18-10-12-20-34(32)40(36)42)22-8-6-5-7-9-23-39-43(3,4)41-35-21-13-11-19-33(35)25-27-37(41)45(39)29-15-17-31-53(49,50)51;1-5-9-13-17-18-19-20-21-22-23-24-28-32-33(29-25-14-10-6-2,30-26-15-11-7-3)31-27-16-12-8-4/h5-13,18-27,38H,14-17,28-31H2,1-4H3,(H,46,47,48)(H,49,50,51);33H,5-32H2,1-4H3. The number of allylic oxidation sites excluding steroid dienone is 7. The molecule has 0 saturated carbocycles. The van der Waals surface area contributed by atoms with Crippen LogP contribution in [-0.4, -0.2) is 81.2 Å². The monoisotopic (exact) mass is 1240 g/mol. The van der Waals surface area contributed by atoms with Gasteiger partial charge in [0.15, 0.2) is 0 Å². The van der Waals surface area contributed by atoms with Crippen molar-refractivity contribution in [2.75, 3.05) is 59.0 Å². The molecule has 0 spiro atoms. The number of nitrogens with zero attached hydrogens (tertiary/aromatic N) is 2. The zero-order valence-corrected chi connectivity index (χ0v) is 57.9. The Balaban J connectivity index is 0.000000354. The molecule has 2 heterocycles. The van der Waals surface area contributed by atoms with Crippen molar-refractivity contribution in [2.45, 2.75) is 252 Å². The van der Waals surface area contributed by atoms with Gasteiger partial charge in [0, 0.05) is 41.0 Å². The van der Waals surface area contributed by atoms with Crippen LogP contribution in [0.1, 0.15) is 246 Å². The Kier molecular flexibility index (Phi) is 32.3. The van der Waals surface area contributed by atoms with Crippen molar-refractivity contribution < 1.29 is 25.9 Å². The summed E-state index contributed by atoms with van der Waals surface area (Å²) in [5.74, 6) is -0.495. The third kappa shape index (κ3) is 23.5. The first kappa shape index (κ1) is 73.0. The third-order valence-electron chi connectivity index (χ3n) is 19.0. The second kappa shape index (κ2) is 38.0. The second-order valence-electron chi connectivity index (χ2n) is 26.8. The van der Waals surface area contributed by atoms with Gasteiger partial charge >= 0.3 is 200 Å².